The number of hydrogen-bond donors (Lipinski definition) is 2. The van der Waals surface area contributed by atoms with Gasteiger partial charge in [-0.05, 0) is 13.1 Å². The van der Waals surface area contributed by atoms with Crippen LogP contribution in [0, 0.1) is 5.82 Å². The van der Waals surface area contributed by atoms with E-state index in [9.17, 15) is 4.39 Å². The van der Waals surface area contributed by atoms with E-state index in [0.717, 1.165) is 0 Å². The fourth-order valence-electron chi connectivity index (χ4n) is 1.10. The predicted octanol–water partition coefficient (Wildman–Crippen LogP) is 1.08. The first-order valence-electron chi connectivity index (χ1n) is 3.82. The number of aliphatic hydroxyl groups excluding tert-OH is 1. The van der Waals surface area contributed by atoms with Crippen molar-refractivity contribution < 1.29 is 9.50 Å². The molecule has 0 radical (unpaired) electrons. The van der Waals surface area contributed by atoms with E-state index in [-0.39, 0.29) is 18.5 Å². The van der Waals surface area contributed by atoms with Crippen molar-refractivity contribution in [1.82, 2.24) is 5.32 Å². The molecule has 1 rings (SSSR count). The van der Waals surface area contributed by atoms with Crippen LogP contribution in [0.2, 0.25) is 0 Å². The van der Waals surface area contributed by atoms with Gasteiger partial charge in [0.25, 0.3) is 0 Å². The Morgan fingerprint density at radius 1 is 1.50 bits per heavy atom. The summed E-state index contributed by atoms with van der Waals surface area (Å²) in [5.74, 6) is -0.286. The molecule has 1 unspecified atom stereocenters. The van der Waals surface area contributed by atoms with Gasteiger partial charge in [0.15, 0.2) is 0 Å². The maximum atomic E-state index is 13.1. The highest BCUT2D eigenvalue weighted by molar-refractivity contribution is 5.21. The Labute approximate surface area is 71.0 Å². The van der Waals surface area contributed by atoms with Gasteiger partial charge < -0.3 is 10.4 Å². The van der Waals surface area contributed by atoms with Crippen LogP contribution < -0.4 is 5.32 Å². The summed E-state index contributed by atoms with van der Waals surface area (Å²) >= 11 is 0. The molecule has 0 saturated carbocycles. The van der Waals surface area contributed by atoms with E-state index in [1.54, 1.807) is 25.2 Å². The minimum absolute atomic E-state index is 0.0998. The molecular weight excluding hydrogens is 157 g/mol. The number of nitrogens with one attached hydrogen (secondary N) is 1. The van der Waals surface area contributed by atoms with Crippen LogP contribution in [-0.2, 0) is 0 Å². The van der Waals surface area contributed by atoms with Gasteiger partial charge in [0, 0.05) is 5.56 Å². The third-order valence-corrected chi connectivity index (χ3v) is 1.81. The number of benzene rings is 1. The third-order valence-electron chi connectivity index (χ3n) is 1.81. The molecule has 0 aliphatic carbocycles. The Morgan fingerprint density at radius 3 is 2.67 bits per heavy atom. The Kier molecular flexibility index (Phi) is 3.19. The van der Waals surface area contributed by atoms with Crippen molar-refractivity contribution >= 4 is 0 Å². The van der Waals surface area contributed by atoms with Crippen LogP contribution in [0.3, 0.4) is 0 Å². The molecule has 1 atom stereocenters. The van der Waals surface area contributed by atoms with E-state index in [1.807, 2.05) is 0 Å². The standard InChI is InChI=1S/C9H12FNO/c1-11-9(6-12)7-4-2-3-5-8(7)10/h2-5,9,11-12H,6H2,1H3. The van der Waals surface area contributed by atoms with Crippen molar-refractivity contribution in [3.63, 3.8) is 0 Å². The molecule has 1 aromatic carbocycles. The second-order valence-electron chi connectivity index (χ2n) is 2.55. The van der Waals surface area contributed by atoms with Gasteiger partial charge in [0.2, 0.25) is 0 Å². The molecule has 12 heavy (non-hydrogen) atoms. The predicted molar refractivity (Wildman–Crippen MR) is 45.3 cm³/mol. The highest BCUT2D eigenvalue weighted by Crippen LogP contribution is 2.15. The van der Waals surface area contributed by atoms with Gasteiger partial charge in [0.05, 0.1) is 12.6 Å². The van der Waals surface area contributed by atoms with E-state index < -0.39 is 0 Å². The smallest absolute Gasteiger partial charge is 0.128 e. The first-order chi connectivity index (χ1) is 5.79. The van der Waals surface area contributed by atoms with E-state index in [1.165, 1.54) is 6.07 Å². The molecule has 0 heterocycles. The molecule has 0 aromatic heterocycles. The molecule has 0 aliphatic heterocycles. The maximum Gasteiger partial charge on any atom is 0.128 e. The number of hydrogen-bond acceptors (Lipinski definition) is 2. The highest BCUT2D eigenvalue weighted by atomic mass is 19.1. The number of aliphatic hydroxyl groups is 1. The molecular formula is C9H12FNO. The van der Waals surface area contributed by atoms with Crippen LogP contribution >= 0.6 is 0 Å². The van der Waals surface area contributed by atoms with Crippen molar-refractivity contribution in [3.05, 3.63) is 35.6 Å². The van der Waals surface area contributed by atoms with Gasteiger partial charge in [-0.15, -0.1) is 0 Å². The van der Waals surface area contributed by atoms with Gasteiger partial charge in [-0.3, -0.25) is 0 Å². The topological polar surface area (TPSA) is 32.3 Å². The monoisotopic (exact) mass is 169 g/mol. The van der Waals surface area contributed by atoms with Crippen LogP contribution in [-0.4, -0.2) is 18.8 Å². The summed E-state index contributed by atoms with van der Waals surface area (Å²) in [6.07, 6.45) is 0. The summed E-state index contributed by atoms with van der Waals surface area (Å²) in [6.45, 7) is -0.0998. The van der Waals surface area contributed by atoms with E-state index >= 15 is 0 Å². The van der Waals surface area contributed by atoms with Gasteiger partial charge >= 0.3 is 0 Å². The fourth-order valence-corrected chi connectivity index (χ4v) is 1.10. The lowest BCUT2D eigenvalue weighted by molar-refractivity contribution is 0.248. The van der Waals surface area contributed by atoms with E-state index in [4.69, 9.17) is 5.11 Å². The van der Waals surface area contributed by atoms with Crippen molar-refractivity contribution in [2.75, 3.05) is 13.7 Å². The largest absolute Gasteiger partial charge is 0.394 e. The van der Waals surface area contributed by atoms with Crippen molar-refractivity contribution in [2.45, 2.75) is 6.04 Å². The zero-order valence-corrected chi connectivity index (χ0v) is 6.92. The van der Waals surface area contributed by atoms with Crippen molar-refractivity contribution in [2.24, 2.45) is 0 Å². The molecule has 0 amide bonds. The second-order valence-corrected chi connectivity index (χ2v) is 2.55. The van der Waals surface area contributed by atoms with Crippen LogP contribution in [0.25, 0.3) is 0 Å². The summed E-state index contributed by atoms with van der Waals surface area (Å²) in [5.41, 5.74) is 0.502. The second kappa shape index (κ2) is 4.18. The highest BCUT2D eigenvalue weighted by Gasteiger charge is 2.10. The lowest BCUT2D eigenvalue weighted by atomic mass is 10.1. The minimum atomic E-state index is -0.314. The zero-order chi connectivity index (χ0) is 8.97. The maximum absolute atomic E-state index is 13.1. The molecule has 0 spiro atoms. The molecule has 0 saturated heterocycles. The van der Waals surface area contributed by atoms with Crippen molar-refractivity contribution in [1.29, 1.82) is 0 Å². The minimum Gasteiger partial charge on any atom is -0.394 e. The summed E-state index contributed by atoms with van der Waals surface area (Å²) in [4.78, 5) is 0. The SMILES string of the molecule is CNC(CO)c1ccccc1F. The Balaban J connectivity index is 2.92. The fraction of sp³-hybridized carbons (Fsp3) is 0.333. The molecule has 2 nitrogen and oxygen atoms in total. The van der Waals surface area contributed by atoms with Gasteiger partial charge in [0.1, 0.15) is 5.82 Å². The molecule has 1 aromatic rings. The number of halogens is 1. The van der Waals surface area contributed by atoms with Gasteiger partial charge in [-0.1, -0.05) is 18.2 Å². The summed E-state index contributed by atoms with van der Waals surface area (Å²) < 4.78 is 13.1. The van der Waals surface area contributed by atoms with Gasteiger partial charge in [-0.25, -0.2) is 4.39 Å². The molecule has 0 aliphatic rings. The molecule has 0 fully saturated rings. The van der Waals surface area contributed by atoms with Crippen LogP contribution in [0.15, 0.2) is 24.3 Å². The summed E-state index contributed by atoms with van der Waals surface area (Å²) in [5, 5.41) is 11.7. The van der Waals surface area contributed by atoms with Crippen LogP contribution in [0.5, 0.6) is 0 Å². The Hall–Kier alpha value is -0.930. The normalized spacial score (nSPS) is 12.9. The number of likely N-dealkylation sites (N-methyl/N-ethyl adjacent to an activating group) is 1. The quantitative estimate of drug-likeness (QED) is 0.709. The number of rotatable bonds is 3. The summed E-state index contributed by atoms with van der Waals surface area (Å²) in [7, 11) is 1.69. The van der Waals surface area contributed by atoms with E-state index in [0.29, 0.717) is 5.56 Å². The molecule has 2 N–H and O–H groups in total. The lowest BCUT2D eigenvalue weighted by Gasteiger charge is -2.13. The Morgan fingerprint density at radius 2 is 2.17 bits per heavy atom. The summed E-state index contributed by atoms with van der Waals surface area (Å²) in [6, 6.07) is 6.11. The van der Waals surface area contributed by atoms with Gasteiger partial charge in [-0.2, -0.15) is 0 Å². The average molecular weight is 169 g/mol. The van der Waals surface area contributed by atoms with Crippen LogP contribution in [0.1, 0.15) is 11.6 Å². The first-order valence-corrected chi connectivity index (χ1v) is 3.82. The van der Waals surface area contributed by atoms with Crippen LogP contribution in [0.4, 0.5) is 4.39 Å². The molecule has 3 heteroatoms. The first kappa shape index (κ1) is 9.16. The zero-order valence-electron chi connectivity index (χ0n) is 6.92. The Bertz CT molecular complexity index is 248. The van der Waals surface area contributed by atoms with E-state index in [2.05, 4.69) is 5.32 Å². The average Bonchev–Trinajstić information content (AvgIpc) is 2.10. The molecule has 66 valence electrons. The molecule has 0 bridgehead atoms. The lowest BCUT2D eigenvalue weighted by Crippen LogP contribution is -2.20. The third kappa shape index (κ3) is 1.81. The van der Waals surface area contributed by atoms with Crippen molar-refractivity contribution in [3.8, 4) is 0 Å².